The molecule has 3 aromatic rings. The van der Waals surface area contributed by atoms with Gasteiger partial charge < -0.3 is 14.6 Å². The molecule has 0 radical (unpaired) electrons. The lowest BCUT2D eigenvalue weighted by Crippen LogP contribution is -2.30. The van der Waals surface area contributed by atoms with Gasteiger partial charge >= 0.3 is 0 Å². The van der Waals surface area contributed by atoms with E-state index in [-0.39, 0.29) is 4.90 Å². The second-order valence-electron chi connectivity index (χ2n) is 9.07. The van der Waals surface area contributed by atoms with Gasteiger partial charge in [-0.05, 0) is 100 Å². The smallest absolute Gasteiger partial charge is 0.240 e. The first-order chi connectivity index (χ1) is 16.0. The Bertz CT molecular complexity index is 1120. The number of sulfonamides is 1. The number of hydrogen-bond acceptors (Lipinski definition) is 4. The molecule has 178 valence electrons. The molecular formula is C26H35N3O3S. The molecule has 0 atom stereocenters. The van der Waals surface area contributed by atoms with E-state index in [0.29, 0.717) is 13.2 Å². The van der Waals surface area contributed by atoms with Gasteiger partial charge in [0, 0.05) is 23.6 Å². The highest BCUT2D eigenvalue weighted by Crippen LogP contribution is 2.22. The van der Waals surface area contributed by atoms with Gasteiger partial charge in [0.25, 0.3) is 0 Å². The Kier molecular flexibility index (Phi) is 8.06. The molecule has 4 rings (SSSR count). The summed E-state index contributed by atoms with van der Waals surface area (Å²) in [5.41, 5.74) is 2.32. The number of piperidine rings is 1. The molecule has 33 heavy (non-hydrogen) atoms. The number of aromatic nitrogens is 1. The fourth-order valence-electron chi connectivity index (χ4n) is 4.53. The summed E-state index contributed by atoms with van der Waals surface area (Å²) < 4.78 is 33.8. The number of H-pyrrole nitrogens is 1. The predicted molar refractivity (Wildman–Crippen MR) is 133 cm³/mol. The van der Waals surface area contributed by atoms with Crippen LogP contribution < -0.4 is 9.46 Å². The van der Waals surface area contributed by atoms with Gasteiger partial charge in [-0.3, -0.25) is 0 Å². The molecule has 2 heterocycles. The molecule has 0 aliphatic carbocycles. The Morgan fingerprint density at radius 3 is 2.61 bits per heavy atom. The summed E-state index contributed by atoms with van der Waals surface area (Å²) >= 11 is 0. The Morgan fingerprint density at radius 1 is 1.06 bits per heavy atom. The van der Waals surface area contributed by atoms with Crippen LogP contribution in [0.25, 0.3) is 10.9 Å². The normalized spacial score (nSPS) is 15.8. The maximum atomic E-state index is 12.6. The molecule has 0 bridgehead atoms. The number of benzene rings is 2. The zero-order valence-corrected chi connectivity index (χ0v) is 20.2. The van der Waals surface area contributed by atoms with Crippen LogP contribution in [0.1, 0.15) is 37.7 Å². The first-order valence-corrected chi connectivity index (χ1v) is 13.5. The van der Waals surface area contributed by atoms with Crippen molar-refractivity contribution < 1.29 is 13.2 Å². The number of nitrogens with zero attached hydrogens (tertiary/aromatic N) is 1. The van der Waals surface area contributed by atoms with Gasteiger partial charge in [-0.25, -0.2) is 13.1 Å². The molecule has 1 saturated heterocycles. The van der Waals surface area contributed by atoms with Crippen LogP contribution in [-0.4, -0.2) is 51.6 Å². The van der Waals surface area contributed by atoms with Gasteiger partial charge in [-0.15, -0.1) is 0 Å². The summed E-state index contributed by atoms with van der Waals surface area (Å²) in [7, 11) is -1.34. The van der Waals surface area contributed by atoms with Crippen LogP contribution in [0.15, 0.2) is 59.6 Å². The summed E-state index contributed by atoms with van der Waals surface area (Å²) in [6.07, 6.45) is 8.34. The number of ether oxygens (including phenoxy) is 1. The molecule has 2 aromatic carbocycles. The monoisotopic (exact) mass is 469 g/mol. The number of para-hydroxylation sites is 1. The number of rotatable bonds is 11. The second-order valence-corrected chi connectivity index (χ2v) is 10.8. The van der Waals surface area contributed by atoms with E-state index < -0.39 is 10.0 Å². The van der Waals surface area contributed by atoms with Gasteiger partial charge in [0.05, 0.1) is 11.5 Å². The van der Waals surface area contributed by atoms with Crippen LogP contribution >= 0.6 is 0 Å². The Hall–Kier alpha value is -2.35. The number of aryl methyl sites for hydroxylation is 1. The predicted octanol–water partition coefficient (Wildman–Crippen LogP) is 4.58. The molecule has 0 spiro atoms. The van der Waals surface area contributed by atoms with E-state index in [0.717, 1.165) is 36.4 Å². The van der Waals surface area contributed by atoms with Crippen molar-refractivity contribution in [1.82, 2.24) is 14.6 Å². The third-order valence-corrected chi connectivity index (χ3v) is 8.06. The van der Waals surface area contributed by atoms with Crippen LogP contribution in [0.3, 0.4) is 0 Å². The lowest BCUT2D eigenvalue weighted by Gasteiger charge is -2.28. The highest BCUT2D eigenvalue weighted by atomic mass is 32.2. The molecule has 1 aromatic heterocycles. The van der Waals surface area contributed by atoms with Crippen LogP contribution in [0, 0.1) is 5.92 Å². The topological polar surface area (TPSA) is 74.4 Å². The molecule has 0 saturated carbocycles. The second kappa shape index (κ2) is 11.2. The van der Waals surface area contributed by atoms with E-state index in [1.165, 1.54) is 43.3 Å². The third-order valence-electron chi connectivity index (χ3n) is 6.59. The standard InChI is InChI=1S/C26H35N3O3S/c1-29-17-14-21(15-18-29)6-5-19-32-23-10-12-24(13-11-23)33(30,31)28-16-4-7-22-20-27-26-9-3-2-8-25(22)26/h2-3,8-13,20-21,27-28H,4-7,14-19H2,1H3. The van der Waals surface area contributed by atoms with Crippen molar-refractivity contribution in [3.8, 4) is 5.75 Å². The maximum Gasteiger partial charge on any atom is 0.240 e. The van der Waals surface area contributed by atoms with Crippen LogP contribution in [0.4, 0.5) is 0 Å². The summed E-state index contributed by atoms with van der Waals surface area (Å²) in [5, 5.41) is 1.20. The number of nitrogens with one attached hydrogen (secondary N) is 2. The minimum Gasteiger partial charge on any atom is -0.494 e. The first-order valence-electron chi connectivity index (χ1n) is 12.0. The Morgan fingerprint density at radius 2 is 1.82 bits per heavy atom. The van der Waals surface area contributed by atoms with E-state index in [2.05, 4.69) is 27.7 Å². The van der Waals surface area contributed by atoms with Crippen molar-refractivity contribution in [3.63, 3.8) is 0 Å². The fourth-order valence-corrected chi connectivity index (χ4v) is 5.61. The first kappa shape index (κ1) is 23.8. The number of fused-ring (bicyclic) bond motifs is 1. The summed E-state index contributed by atoms with van der Waals surface area (Å²) in [5.74, 6) is 1.52. The summed E-state index contributed by atoms with van der Waals surface area (Å²) in [4.78, 5) is 5.92. The van der Waals surface area contributed by atoms with Gasteiger partial charge in [0.2, 0.25) is 10.0 Å². The molecule has 7 heteroatoms. The minimum atomic E-state index is -3.52. The van der Waals surface area contributed by atoms with Gasteiger partial charge in [0.1, 0.15) is 5.75 Å². The quantitative estimate of drug-likeness (QED) is 0.403. The van der Waals surface area contributed by atoms with Crippen LogP contribution in [0.5, 0.6) is 5.75 Å². The Balaban J connectivity index is 1.18. The van der Waals surface area contributed by atoms with Crippen molar-refractivity contribution in [2.75, 3.05) is 33.3 Å². The molecule has 1 fully saturated rings. The van der Waals surface area contributed by atoms with E-state index in [4.69, 9.17) is 4.74 Å². The van der Waals surface area contributed by atoms with Crippen molar-refractivity contribution in [1.29, 1.82) is 0 Å². The van der Waals surface area contributed by atoms with Crippen molar-refractivity contribution >= 4 is 20.9 Å². The van der Waals surface area contributed by atoms with Crippen molar-refractivity contribution in [2.45, 2.75) is 43.4 Å². The molecule has 1 aliphatic rings. The lowest BCUT2D eigenvalue weighted by molar-refractivity contribution is 0.200. The highest BCUT2D eigenvalue weighted by Gasteiger charge is 2.16. The maximum absolute atomic E-state index is 12.6. The molecule has 6 nitrogen and oxygen atoms in total. The van der Waals surface area contributed by atoms with Crippen LogP contribution in [-0.2, 0) is 16.4 Å². The number of hydrogen-bond donors (Lipinski definition) is 2. The third kappa shape index (κ3) is 6.59. The SMILES string of the molecule is CN1CCC(CCCOc2ccc(S(=O)(=O)NCCCc3c[nH]c4ccccc34)cc2)CC1. The van der Waals surface area contributed by atoms with Gasteiger partial charge in [-0.1, -0.05) is 18.2 Å². The Labute approximate surface area is 197 Å². The average Bonchev–Trinajstić information content (AvgIpc) is 3.24. The van der Waals surface area contributed by atoms with Crippen LogP contribution in [0.2, 0.25) is 0 Å². The zero-order valence-electron chi connectivity index (χ0n) is 19.4. The van der Waals surface area contributed by atoms with E-state index in [1.807, 2.05) is 24.4 Å². The molecule has 0 amide bonds. The number of aromatic amines is 1. The fraction of sp³-hybridized carbons (Fsp3) is 0.462. The highest BCUT2D eigenvalue weighted by molar-refractivity contribution is 7.89. The van der Waals surface area contributed by atoms with Crippen molar-refractivity contribution in [3.05, 3.63) is 60.3 Å². The van der Waals surface area contributed by atoms with Gasteiger partial charge in [0.15, 0.2) is 0 Å². The van der Waals surface area contributed by atoms with E-state index >= 15 is 0 Å². The minimum absolute atomic E-state index is 0.272. The molecular weight excluding hydrogens is 434 g/mol. The number of likely N-dealkylation sites (tertiary alicyclic amines) is 1. The molecule has 0 unspecified atom stereocenters. The molecule has 2 N–H and O–H groups in total. The van der Waals surface area contributed by atoms with E-state index in [1.54, 1.807) is 24.3 Å². The summed E-state index contributed by atoms with van der Waals surface area (Å²) in [6, 6.07) is 14.9. The summed E-state index contributed by atoms with van der Waals surface area (Å²) in [6.45, 7) is 3.46. The van der Waals surface area contributed by atoms with Crippen molar-refractivity contribution in [2.24, 2.45) is 5.92 Å². The average molecular weight is 470 g/mol. The lowest BCUT2D eigenvalue weighted by atomic mass is 9.93. The largest absolute Gasteiger partial charge is 0.494 e. The molecule has 1 aliphatic heterocycles. The zero-order chi connectivity index (χ0) is 23.1. The van der Waals surface area contributed by atoms with Gasteiger partial charge in [-0.2, -0.15) is 0 Å². The van der Waals surface area contributed by atoms with E-state index in [9.17, 15) is 8.42 Å².